The molecule has 1 aliphatic rings. The highest BCUT2D eigenvalue weighted by molar-refractivity contribution is 6.35. The summed E-state index contributed by atoms with van der Waals surface area (Å²) in [4.78, 5) is 53.5. The number of hydrogen-bond acceptors (Lipinski definition) is 12. The standard InChI is InChI=1S/C54H40N4O10/c1-65-37-19-7-33(8-20-37)55-43-27-29-45(57-35-11-23-41(24-12-35)67-39-15-3-31(4-16-39)53(61)62)49-47(43)51(59)48-44(56-34-9-21-38(66-2)22-10-34)28-30-46(50(48)52(49)60)58-36-13-25-42(26-14-36)68-40-17-5-32(6-18-40)54(63)64/h3-30,55-58H,1-2H3,(H,61,62)(H,63,64). The second kappa shape index (κ2) is 18.9. The van der Waals surface area contributed by atoms with Crippen molar-refractivity contribution in [3.8, 4) is 34.5 Å². The number of rotatable bonds is 16. The smallest absolute Gasteiger partial charge is 0.335 e. The highest BCUT2D eigenvalue weighted by Gasteiger charge is 2.38. The molecule has 0 atom stereocenters. The molecule has 0 aromatic heterocycles. The van der Waals surface area contributed by atoms with Gasteiger partial charge in [-0.1, -0.05) is 0 Å². The zero-order valence-corrected chi connectivity index (χ0v) is 36.3. The van der Waals surface area contributed by atoms with Crippen molar-refractivity contribution in [3.63, 3.8) is 0 Å². The number of carbonyl (C=O) groups excluding carboxylic acids is 2. The molecule has 0 saturated carbocycles. The van der Waals surface area contributed by atoms with Crippen molar-refractivity contribution < 1.29 is 48.3 Å². The van der Waals surface area contributed by atoms with E-state index in [2.05, 4.69) is 21.3 Å². The van der Waals surface area contributed by atoms with Crippen LogP contribution >= 0.6 is 0 Å². The number of methoxy groups -OCH3 is 2. The van der Waals surface area contributed by atoms with Crippen LogP contribution in [0.15, 0.2) is 170 Å². The number of carboxylic acids is 2. The predicted octanol–water partition coefficient (Wildman–Crippen LogP) is 12.4. The maximum Gasteiger partial charge on any atom is 0.335 e. The van der Waals surface area contributed by atoms with Crippen LogP contribution in [0.1, 0.15) is 52.6 Å². The van der Waals surface area contributed by atoms with Gasteiger partial charge in [0.05, 0.1) is 70.3 Å². The molecule has 14 nitrogen and oxygen atoms in total. The van der Waals surface area contributed by atoms with Crippen LogP contribution in [0.25, 0.3) is 0 Å². The second-order valence-corrected chi connectivity index (χ2v) is 15.3. The number of benzene rings is 8. The van der Waals surface area contributed by atoms with Crippen LogP contribution in [-0.2, 0) is 0 Å². The van der Waals surface area contributed by atoms with Crippen molar-refractivity contribution in [1.29, 1.82) is 0 Å². The van der Waals surface area contributed by atoms with Gasteiger partial charge in [0.25, 0.3) is 0 Å². The Morgan fingerprint density at radius 2 is 0.559 bits per heavy atom. The van der Waals surface area contributed by atoms with Gasteiger partial charge in [0, 0.05) is 22.7 Å². The van der Waals surface area contributed by atoms with Gasteiger partial charge in [0.15, 0.2) is 11.6 Å². The molecule has 14 heteroatoms. The summed E-state index contributed by atoms with van der Waals surface area (Å²) < 4.78 is 22.6. The molecule has 1 aliphatic carbocycles. The van der Waals surface area contributed by atoms with E-state index in [1.54, 1.807) is 136 Å². The maximum absolute atomic E-state index is 15.5. The highest BCUT2D eigenvalue weighted by atomic mass is 16.5. The fourth-order valence-electron chi connectivity index (χ4n) is 7.60. The lowest BCUT2D eigenvalue weighted by Gasteiger charge is -2.27. The Balaban J connectivity index is 1.09. The number of anilines is 8. The van der Waals surface area contributed by atoms with Gasteiger partial charge in [-0.05, 0) is 170 Å². The molecule has 8 aromatic rings. The van der Waals surface area contributed by atoms with Crippen molar-refractivity contribution in [2.24, 2.45) is 0 Å². The molecule has 0 heterocycles. The molecule has 68 heavy (non-hydrogen) atoms. The van der Waals surface area contributed by atoms with Gasteiger partial charge < -0.3 is 50.4 Å². The zero-order valence-electron chi connectivity index (χ0n) is 36.3. The number of ether oxygens (including phenoxy) is 4. The van der Waals surface area contributed by atoms with Crippen LogP contribution < -0.4 is 40.2 Å². The molecule has 0 amide bonds. The summed E-state index contributed by atoms with van der Waals surface area (Å²) in [6, 6.07) is 47.5. The Hall–Kier alpha value is -9.56. The van der Waals surface area contributed by atoms with E-state index < -0.39 is 23.5 Å². The quantitative estimate of drug-likeness (QED) is 0.0536. The van der Waals surface area contributed by atoms with E-state index in [9.17, 15) is 19.8 Å². The Bertz CT molecular complexity index is 2980. The zero-order chi connectivity index (χ0) is 47.3. The third kappa shape index (κ3) is 9.32. The van der Waals surface area contributed by atoms with Crippen molar-refractivity contribution in [2.75, 3.05) is 35.5 Å². The second-order valence-electron chi connectivity index (χ2n) is 15.3. The molecule has 9 rings (SSSR count). The molecular weight excluding hydrogens is 865 g/mol. The average Bonchev–Trinajstić information content (AvgIpc) is 3.36. The normalized spacial score (nSPS) is 11.4. The molecule has 336 valence electrons. The Morgan fingerprint density at radius 3 is 0.779 bits per heavy atom. The molecule has 0 bridgehead atoms. The number of carboxylic acid groups (broad SMARTS) is 2. The minimum Gasteiger partial charge on any atom is -0.497 e. The number of hydrogen-bond donors (Lipinski definition) is 6. The monoisotopic (exact) mass is 904 g/mol. The van der Waals surface area contributed by atoms with Crippen molar-refractivity contribution in [3.05, 3.63) is 203 Å². The third-order valence-corrected chi connectivity index (χ3v) is 11.0. The minimum absolute atomic E-state index is 0.137. The number of nitrogens with one attached hydrogen (secondary N) is 4. The van der Waals surface area contributed by atoms with Crippen LogP contribution in [0, 0.1) is 0 Å². The van der Waals surface area contributed by atoms with Crippen LogP contribution in [-0.4, -0.2) is 47.9 Å². The van der Waals surface area contributed by atoms with Gasteiger partial charge in [-0.25, -0.2) is 9.59 Å². The maximum atomic E-state index is 15.5. The van der Waals surface area contributed by atoms with E-state index in [0.717, 1.165) is 0 Å². The van der Waals surface area contributed by atoms with E-state index in [1.807, 2.05) is 24.3 Å². The minimum atomic E-state index is -1.04. The first-order valence-electron chi connectivity index (χ1n) is 21.1. The largest absolute Gasteiger partial charge is 0.497 e. The average molecular weight is 905 g/mol. The Labute approximate surface area is 389 Å². The lowest BCUT2D eigenvalue weighted by molar-refractivity contribution is 0.0686. The third-order valence-electron chi connectivity index (χ3n) is 11.0. The SMILES string of the molecule is COc1ccc(Nc2ccc(Nc3ccc(Oc4ccc(C(=O)O)cc4)cc3)c3c2C(=O)c2c(Nc4ccc(OC)cc4)ccc(Nc4ccc(Oc5ccc(C(=O)O)cc5)cc4)c2C3=O)cc1. The van der Waals surface area contributed by atoms with Gasteiger partial charge in [-0.2, -0.15) is 0 Å². The highest BCUT2D eigenvalue weighted by Crippen LogP contribution is 2.44. The summed E-state index contributed by atoms with van der Waals surface area (Å²) in [5.74, 6) is 0.254. The van der Waals surface area contributed by atoms with Gasteiger partial charge in [0.1, 0.15) is 34.5 Å². The van der Waals surface area contributed by atoms with E-state index in [0.29, 0.717) is 80.0 Å². The summed E-state index contributed by atoms with van der Waals surface area (Å²) in [6.07, 6.45) is 0. The summed E-state index contributed by atoms with van der Waals surface area (Å²) in [7, 11) is 3.15. The van der Waals surface area contributed by atoms with Crippen molar-refractivity contribution in [2.45, 2.75) is 0 Å². The fourth-order valence-corrected chi connectivity index (χ4v) is 7.60. The van der Waals surface area contributed by atoms with E-state index in [-0.39, 0.29) is 33.4 Å². The fraction of sp³-hybridized carbons (Fsp3) is 0.0370. The molecule has 0 saturated heterocycles. The molecule has 0 unspecified atom stereocenters. The molecule has 0 radical (unpaired) electrons. The van der Waals surface area contributed by atoms with Crippen molar-refractivity contribution >= 4 is 69.0 Å². The molecule has 0 spiro atoms. The van der Waals surface area contributed by atoms with Crippen LogP contribution in [0.5, 0.6) is 34.5 Å². The van der Waals surface area contributed by atoms with Gasteiger partial charge in [-0.15, -0.1) is 0 Å². The summed E-state index contributed by atoms with van der Waals surface area (Å²) in [5, 5.41) is 32.0. The van der Waals surface area contributed by atoms with Crippen molar-refractivity contribution in [1.82, 2.24) is 0 Å². The van der Waals surface area contributed by atoms with Gasteiger partial charge >= 0.3 is 11.9 Å². The topological polar surface area (TPSA) is 194 Å². The lowest BCUT2D eigenvalue weighted by atomic mass is 9.80. The molecule has 6 N–H and O–H groups in total. The molecular formula is C54H40N4O10. The van der Waals surface area contributed by atoms with E-state index in [4.69, 9.17) is 18.9 Å². The van der Waals surface area contributed by atoms with Crippen LogP contribution in [0.2, 0.25) is 0 Å². The number of ketones is 2. The first kappa shape index (κ1) is 43.7. The van der Waals surface area contributed by atoms with Crippen LogP contribution in [0.4, 0.5) is 45.5 Å². The first-order chi connectivity index (χ1) is 33.0. The van der Waals surface area contributed by atoms with Crippen LogP contribution in [0.3, 0.4) is 0 Å². The molecule has 0 aliphatic heterocycles. The summed E-state index contributed by atoms with van der Waals surface area (Å²) in [5.41, 5.74) is 4.92. The number of fused-ring (bicyclic) bond motifs is 2. The molecule has 0 fully saturated rings. The van der Waals surface area contributed by atoms with E-state index in [1.165, 1.54) is 24.3 Å². The number of carbonyl (C=O) groups is 4. The Kier molecular flexibility index (Phi) is 12.1. The number of aromatic carboxylic acids is 2. The Morgan fingerprint density at radius 1 is 0.338 bits per heavy atom. The van der Waals surface area contributed by atoms with Gasteiger partial charge in [0.2, 0.25) is 0 Å². The summed E-state index contributed by atoms with van der Waals surface area (Å²) >= 11 is 0. The summed E-state index contributed by atoms with van der Waals surface area (Å²) in [6.45, 7) is 0. The molecule has 8 aromatic carbocycles. The van der Waals surface area contributed by atoms with E-state index >= 15 is 9.59 Å². The van der Waals surface area contributed by atoms with Gasteiger partial charge in [-0.3, -0.25) is 9.59 Å². The first-order valence-corrected chi connectivity index (χ1v) is 21.1. The lowest BCUT2D eigenvalue weighted by Crippen LogP contribution is -2.25. The predicted molar refractivity (Wildman–Crippen MR) is 259 cm³/mol.